The van der Waals surface area contributed by atoms with Crippen molar-refractivity contribution in [2.75, 3.05) is 18.2 Å². The molecule has 0 radical (unpaired) electrons. The van der Waals surface area contributed by atoms with Crippen molar-refractivity contribution in [1.29, 1.82) is 0 Å². The van der Waals surface area contributed by atoms with Gasteiger partial charge in [-0.15, -0.1) is 0 Å². The number of benzene rings is 3. The summed E-state index contributed by atoms with van der Waals surface area (Å²) in [5.41, 5.74) is 11.4. The molecule has 1 amide bonds. The number of amides is 1. The fourth-order valence-corrected chi connectivity index (χ4v) is 4.70. The maximum Gasteiger partial charge on any atom is 0.263 e. The predicted octanol–water partition coefficient (Wildman–Crippen LogP) is 5.89. The quantitative estimate of drug-likeness (QED) is 0.307. The van der Waals surface area contributed by atoms with Crippen LogP contribution in [0.3, 0.4) is 0 Å². The monoisotopic (exact) mass is 493 g/mol. The van der Waals surface area contributed by atoms with Crippen molar-refractivity contribution in [3.63, 3.8) is 0 Å². The first-order valence-corrected chi connectivity index (χ1v) is 11.6. The van der Waals surface area contributed by atoms with E-state index in [4.69, 9.17) is 19.4 Å². The van der Waals surface area contributed by atoms with E-state index >= 15 is 0 Å². The molecule has 0 spiro atoms. The molecule has 3 aromatic heterocycles. The highest BCUT2D eigenvalue weighted by molar-refractivity contribution is 6.13. The highest BCUT2D eigenvalue weighted by Gasteiger charge is 2.28. The summed E-state index contributed by atoms with van der Waals surface area (Å²) in [7, 11) is 1.54. The molecule has 0 bridgehead atoms. The minimum atomic E-state index is -0.492. The molecule has 0 aliphatic rings. The van der Waals surface area contributed by atoms with Gasteiger partial charge < -0.3 is 24.7 Å². The van der Waals surface area contributed by atoms with Crippen molar-refractivity contribution in [3.05, 3.63) is 83.7 Å². The molecule has 0 atom stereocenters. The van der Waals surface area contributed by atoms with Gasteiger partial charge in [0.05, 0.1) is 29.9 Å². The van der Waals surface area contributed by atoms with Gasteiger partial charge >= 0.3 is 0 Å². The number of anilines is 2. The Morgan fingerprint density at radius 1 is 1.00 bits per heavy atom. The third-order valence-electron chi connectivity index (χ3n) is 6.42. The smallest absolute Gasteiger partial charge is 0.263 e. The van der Waals surface area contributed by atoms with Gasteiger partial charge in [0.1, 0.15) is 28.2 Å². The minimum absolute atomic E-state index is 0.0949. The van der Waals surface area contributed by atoms with Crippen LogP contribution in [0.5, 0.6) is 5.75 Å². The third kappa shape index (κ3) is 3.59. The second kappa shape index (κ2) is 8.56. The number of nitrogens with one attached hydrogen (secondary N) is 1. The van der Waals surface area contributed by atoms with E-state index in [1.807, 2.05) is 74.5 Å². The van der Waals surface area contributed by atoms with E-state index in [0.29, 0.717) is 34.0 Å². The van der Waals surface area contributed by atoms with Crippen LogP contribution in [0, 0.1) is 13.8 Å². The number of nitrogen functional groups attached to an aromatic ring is 1. The number of methoxy groups -OCH3 is 1. The van der Waals surface area contributed by atoms with E-state index in [2.05, 4.69) is 15.6 Å². The Morgan fingerprint density at radius 3 is 2.54 bits per heavy atom. The molecule has 184 valence electrons. The van der Waals surface area contributed by atoms with E-state index in [1.54, 1.807) is 17.9 Å². The van der Waals surface area contributed by atoms with Crippen LogP contribution in [0.2, 0.25) is 0 Å². The number of aryl methyl sites for hydroxylation is 1. The van der Waals surface area contributed by atoms with Crippen molar-refractivity contribution in [1.82, 2.24) is 14.9 Å². The largest absolute Gasteiger partial charge is 0.495 e. The Bertz CT molecular complexity index is 1800. The van der Waals surface area contributed by atoms with Crippen molar-refractivity contribution in [2.45, 2.75) is 13.8 Å². The van der Waals surface area contributed by atoms with Gasteiger partial charge in [0.25, 0.3) is 5.91 Å². The van der Waals surface area contributed by atoms with Gasteiger partial charge in [-0.1, -0.05) is 41.6 Å². The molecule has 0 saturated carbocycles. The zero-order chi connectivity index (χ0) is 25.7. The van der Waals surface area contributed by atoms with Crippen molar-refractivity contribution in [3.8, 4) is 22.7 Å². The molecule has 0 unspecified atom stereocenters. The van der Waals surface area contributed by atoms with E-state index in [9.17, 15) is 4.79 Å². The molecule has 0 saturated heterocycles. The van der Waals surface area contributed by atoms with E-state index in [-0.39, 0.29) is 11.4 Å². The topological polar surface area (TPSA) is 121 Å². The molecule has 6 rings (SSSR count). The van der Waals surface area contributed by atoms with Crippen LogP contribution in [-0.4, -0.2) is 28.0 Å². The Hall–Kier alpha value is -5.05. The van der Waals surface area contributed by atoms with Gasteiger partial charge in [0.2, 0.25) is 5.88 Å². The summed E-state index contributed by atoms with van der Waals surface area (Å²) >= 11 is 0. The van der Waals surface area contributed by atoms with Crippen molar-refractivity contribution in [2.24, 2.45) is 0 Å². The van der Waals surface area contributed by atoms with Crippen LogP contribution >= 0.6 is 0 Å². The van der Waals surface area contributed by atoms with Gasteiger partial charge in [-0.3, -0.25) is 4.79 Å². The minimum Gasteiger partial charge on any atom is -0.495 e. The predicted molar refractivity (Wildman–Crippen MR) is 141 cm³/mol. The molecule has 0 fully saturated rings. The Balaban J connectivity index is 1.41. The highest BCUT2D eigenvalue weighted by atomic mass is 16.5. The SMILES string of the molecule is COc1cc2c(cc1NC(=O)c1c(-c3c(C)nn(-c4ccccc4)c3C)noc1N)oc1ccccc12. The van der Waals surface area contributed by atoms with Crippen LogP contribution in [-0.2, 0) is 0 Å². The van der Waals surface area contributed by atoms with Crippen LogP contribution < -0.4 is 15.8 Å². The molecule has 9 nitrogen and oxygen atoms in total. The summed E-state index contributed by atoms with van der Waals surface area (Å²) in [6.45, 7) is 3.76. The third-order valence-corrected chi connectivity index (χ3v) is 6.42. The normalized spacial score (nSPS) is 11.3. The molecular weight excluding hydrogens is 470 g/mol. The number of hydrogen-bond acceptors (Lipinski definition) is 7. The van der Waals surface area contributed by atoms with Gasteiger partial charge in [-0.25, -0.2) is 4.68 Å². The van der Waals surface area contributed by atoms with Crippen LogP contribution in [0.15, 0.2) is 75.7 Å². The van der Waals surface area contributed by atoms with Crippen LogP contribution in [0.1, 0.15) is 21.7 Å². The van der Waals surface area contributed by atoms with Gasteiger partial charge in [-0.2, -0.15) is 5.10 Å². The lowest BCUT2D eigenvalue weighted by Gasteiger charge is -2.11. The summed E-state index contributed by atoms with van der Waals surface area (Å²) in [6, 6.07) is 21.0. The Kier molecular flexibility index (Phi) is 5.19. The Labute approximate surface area is 211 Å². The number of carbonyl (C=O) groups is 1. The molecule has 0 aliphatic carbocycles. The zero-order valence-electron chi connectivity index (χ0n) is 20.4. The maximum absolute atomic E-state index is 13.6. The molecule has 3 N–H and O–H groups in total. The number of rotatable bonds is 5. The summed E-state index contributed by atoms with van der Waals surface area (Å²) in [6.07, 6.45) is 0. The Morgan fingerprint density at radius 2 is 1.76 bits per heavy atom. The number of aromatic nitrogens is 3. The number of fused-ring (bicyclic) bond motifs is 3. The molecule has 0 aliphatic heterocycles. The lowest BCUT2D eigenvalue weighted by atomic mass is 10.0. The molecule has 3 aromatic carbocycles. The first kappa shape index (κ1) is 22.4. The first-order valence-electron chi connectivity index (χ1n) is 11.6. The van der Waals surface area contributed by atoms with E-state index < -0.39 is 5.91 Å². The summed E-state index contributed by atoms with van der Waals surface area (Å²) < 4.78 is 18.7. The number of hydrogen-bond donors (Lipinski definition) is 2. The average Bonchev–Trinajstić information content (AvgIpc) is 3.55. The summed E-state index contributed by atoms with van der Waals surface area (Å²) in [5.74, 6) is -0.107. The molecule has 6 aromatic rings. The second-order valence-electron chi connectivity index (χ2n) is 8.66. The first-order chi connectivity index (χ1) is 18.0. The molecular formula is C28H23N5O4. The van der Waals surface area contributed by atoms with Crippen molar-refractivity contribution < 1.29 is 18.5 Å². The second-order valence-corrected chi connectivity index (χ2v) is 8.66. The number of nitrogens with zero attached hydrogens (tertiary/aromatic N) is 3. The number of nitrogens with two attached hydrogens (primary N) is 1. The van der Waals surface area contributed by atoms with Gasteiger partial charge in [0, 0.05) is 22.4 Å². The van der Waals surface area contributed by atoms with Gasteiger partial charge in [0.15, 0.2) is 0 Å². The maximum atomic E-state index is 13.6. The number of para-hydroxylation sites is 2. The molecule has 3 heterocycles. The van der Waals surface area contributed by atoms with Crippen molar-refractivity contribution >= 4 is 39.4 Å². The van der Waals surface area contributed by atoms with Crippen LogP contribution in [0.4, 0.5) is 11.6 Å². The fourth-order valence-electron chi connectivity index (χ4n) is 4.70. The van der Waals surface area contributed by atoms with E-state index in [0.717, 1.165) is 27.7 Å². The summed E-state index contributed by atoms with van der Waals surface area (Å²) in [4.78, 5) is 13.6. The standard InChI is InChI=1S/C28H23N5O4/c1-15-24(16(2)33(31-15)17-9-5-4-6-10-17)26-25(27(29)37-32-26)28(34)30-20-14-22-19(13-23(20)35-3)18-11-7-8-12-21(18)36-22/h4-14H,29H2,1-3H3,(H,30,34). The van der Waals surface area contributed by atoms with Gasteiger partial charge in [-0.05, 0) is 38.1 Å². The molecule has 9 heteroatoms. The van der Waals surface area contributed by atoms with E-state index in [1.165, 1.54) is 0 Å². The number of furan rings is 1. The lowest BCUT2D eigenvalue weighted by Crippen LogP contribution is -2.15. The zero-order valence-corrected chi connectivity index (χ0v) is 20.4. The highest BCUT2D eigenvalue weighted by Crippen LogP contribution is 2.38. The average molecular weight is 494 g/mol. The molecule has 37 heavy (non-hydrogen) atoms. The number of carbonyl (C=O) groups excluding carboxylic acids is 1. The lowest BCUT2D eigenvalue weighted by molar-refractivity contribution is 0.102. The number of ether oxygens (including phenoxy) is 1. The summed E-state index contributed by atoms with van der Waals surface area (Å²) in [5, 5.41) is 13.5. The van der Waals surface area contributed by atoms with Crippen LogP contribution in [0.25, 0.3) is 38.9 Å². The fraction of sp³-hybridized carbons (Fsp3) is 0.107.